The molecule has 1 saturated carbocycles. The fraction of sp³-hybridized carbons (Fsp3) is 0.500. The largest absolute Gasteiger partial charge is 0.433 e. The van der Waals surface area contributed by atoms with Gasteiger partial charge >= 0.3 is 6.18 Å². The lowest BCUT2D eigenvalue weighted by Gasteiger charge is -2.34. The first-order valence-electron chi connectivity index (χ1n) is 5.70. The lowest BCUT2D eigenvalue weighted by Crippen LogP contribution is -2.41. The Morgan fingerprint density at radius 3 is 2.61 bits per heavy atom. The van der Waals surface area contributed by atoms with Gasteiger partial charge in [-0.2, -0.15) is 13.2 Å². The van der Waals surface area contributed by atoms with Crippen molar-refractivity contribution in [1.29, 1.82) is 0 Å². The molecule has 0 aliphatic heterocycles. The third kappa shape index (κ3) is 2.47. The van der Waals surface area contributed by atoms with Crippen molar-refractivity contribution in [3.8, 4) is 0 Å². The number of rotatable bonds is 2. The lowest BCUT2D eigenvalue weighted by atomic mass is 9.91. The van der Waals surface area contributed by atoms with Gasteiger partial charge in [0.15, 0.2) is 0 Å². The Balaban J connectivity index is 2.20. The van der Waals surface area contributed by atoms with Crippen molar-refractivity contribution < 1.29 is 18.0 Å². The number of carbonyl (C=O) groups excluding carboxylic acids is 1. The van der Waals surface area contributed by atoms with E-state index in [1.165, 1.54) is 11.0 Å². The molecule has 1 aromatic heterocycles. The molecule has 1 aromatic rings. The zero-order valence-electron chi connectivity index (χ0n) is 9.87. The van der Waals surface area contributed by atoms with E-state index in [9.17, 15) is 18.0 Å². The first-order valence-corrected chi connectivity index (χ1v) is 5.70. The summed E-state index contributed by atoms with van der Waals surface area (Å²) in [6.45, 7) is 0. The fourth-order valence-electron chi connectivity index (χ4n) is 1.86. The quantitative estimate of drug-likeness (QED) is 0.817. The van der Waals surface area contributed by atoms with Crippen LogP contribution in [0.3, 0.4) is 0 Å². The standard InChI is InChI=1S/C12H13F3N2O/c1-17(9-3-2-4-9)11(18)8-5-6-16-10(7-8)12(13,14)15/h5-7,9H,2-4H2,1H3. The van der Waals surface area contributed by atoms with Crippen molar-refractivity contribution in [3.63, 3.8) is 0 Å². The summed E-state index contributed by atoms with van der Waals surface area (Å²) < 4.78 is 37.4. The molecule has 0 atom stereocenters. The van der Waals surface area contributed by atoms with Crippen molar-refractivity contribution in [1.82, 2.24) is 9.88 Å². The molecule has 98 valence electrons. The minimum absolute atomic E-state index is 0.0340. The van der Waals surface area contributed by atoms with Crippen LogP contribution in [0.1, 0.15) is 35.3 Å². The van der Waals surface area contributed by atoms with Crippen LogP contribution in [0.5, 0.6) is 0 Å². The highest BCUT2D eigenvalue weighted by atomic mass is 19.4. The van der Waals surface area contributed by atoms with Gasteiger partial charge in [0.1, 0.15) is 5.69 Å². The van der Waals surface area contributed by atoms with E-state index < -0.39 is 11.9 Å². The summed E-state index contributed by atoms with van der Waals surface area (Å²) >= 11 is 0. The summed E-state index contributed by atoms with van der Waals surface area (Å²) in [6.07, 6.45) is -0.610. The van der Waals surface area contributed by atoms with Gasteiger partial charge in [-0.1, -0.05) is 0 Å². The number of pyridine rings is 1. The Morgan fingerprint density at radius 1 is 1.44 bits per heavy atom. The second kappa shape index (κ2) is 4.59. The van der Waals surface area contributed by atoms with E-state index >= 15 is 0 Å². The zero-order chi connectivity index (χ0) is 13.3. The molecule has 18 heavy (non-hydrogen) atoms. The van der Waals surface area contributed by atoms with E-state index in [1.807, 2.05) is 0 Å². The molecule has 0 aromatic carbocycles. The predicted molar refractivity (Wildman–Crippen MR) is 59.0 cm³/mol. The summed E-state index contributed by atoms with van der Waals surface area (Å²) in [5, 5.41) is 0. The number of hydrogen-bond donors (Lipinski definition) is 0. The molecule has 2 rings (SSSR count). The molecule has 0 spiro atoms. The van der Waals surface area contributed by atoms with E-state index in [1.54, 1.807) is 7.05 Å². The first-order chi connectivity index (χ1) is 8.39. The Labute approximate surface area is 103 Å². The summed E-state index contributed by atoms with van der Waals surface area (Å²) in [4.78, 5) is 16.7. The van der Waals surface area contributed by atoms with Gasteiger partial charge in [0.25, 0.3) is 5.91 Å². The monoisotopic (exact) mass is 258 g/mol. The van der Waals surface area contributed by atoms with Crippen LogP contribution in [0.25, 0.3) is 0 Å². The van der Waals surface area contributed by atoms with Gasteiger partial charge in [-0.3, -0.25) is 9.78 Å². The van der Waals surface area contributed by atoms with Crippen molar-refractivity contribution in [2.24, 2.45) is 0 Å². The molecule has 1 amide bonds. The minimum Gasteiger partial charge on any atom is -0.339 e. The van der Waals surface area contributed by atoms with Gasteiger partial charge in [0.05, 0.1) is 0 Å². The number of nitrogens with zero attached hydrogens (tertiary/aromatic N) is 2. The molecule has 0 N–H and O–H groups in total. The first kappa shape index (κ1) is 12.9. The highest BCUT2D eigenvalue weighted by Crippen LogP contribution is 2.29. The Bertz CT molecular complexity index is 455. The average Bonchev–Trinajstić information content (AvgIpc) is 2.24. The third-order valence-electron chi connectivity index (χ3n) is 3.24. The van der Waals surface area contributed by atoms with Crippen LogP contribution in [0, 0.1) is 0 Å². The summed E-state index contributed by atoms with van der Waals surface area (Å²) in [7, 11) is 1.62. The van der Waals surface area contributed by atoms with E-state index in [4.69, 9.17) is 0 Å². The molecular weight excluding hydrogens is 245 g/mol. The molecule has 1 heterocycles. The SMILES string of the molecule is CN(C(=O)c1ccnc(C(F)(F)F)c1)C1CCC1. The van der Waals surface area contributed by atoms with Crippen molar-refractivity contribution in [2.45, 2.75) is 31.5 Å². The van der Waals surface area contributed by atoms with E-state index in [0.29, 0.717) is 0 Å². The van der Waals surface area contributed by atoms with Crippen molar-refractivity contribution in [2.75, 3.05) is 7.05 Å². The number of hydrogen-bond acceptors (Lipinski definition) is 2. The van der Waals surface area contributed by atoms with Gasteiger partial charge in [0, 0.05) is 24.8 Å². The van der Waals surface area contributed by atoms with Crippen LogP contribution in [0.2, 0.25) is 0 Å². The molecule has 0 radical (unpaired) electrons. The summed E-state index contributed by atoms with van der Waals surface area (Å²) in [6, 6.07) is 2.27. The Kier molecular flexibility index (Phi) is 3.28. The summed E-state index contributed by atoms with van der Waals surface area (Å²) in [5.74, 6) is -0.382. The van der Waals surface area contributed by atoms with Crippen LogP contribution in [0.4, 0.5) is 13.2 Å². The second-order valence-corrected chi connectivity index (χ2v) is 4.43. The normalized spacial score (nSPS) is 16.2. The molecule has 3 nitrogen and oxygen atoms in total. The molecule has 1 aliphatic rings. The maximum Gasteiger partial charge on any atom is 0.433 e. The Hall–Kier alpha value is -1.59. The molecule has 0 saturated heterocycles. The number of carbonyl (C=O) groups is 1. The maximum absolute atomic E-state index is 12.5. The van der Waals surface area contributed by atoms with Gasteiger partial charge in [0.2, 0.25) is 0 Å². The zero-order valence-corrected chi connectivity index (χ0v) is 9.87. The number of amides is 1. The molecule has 0 bridgehead atoms. The van der Waals surface area contributed by atoms with Crippen molar-refractivity contribution in [3.05, 3.63) is 29.6 Å². The summed E-state index contributed by atoms with van der Waals surface area (Å²) in [5.41, 5.74) is -0.998. The van der Waals surface area contributed by atoms with Crippen LogP contribution in [-0.2, 0) is 6.18 Å². The minimum atomic E-state index is -4.52. The van der Waals surface area contributed by atoms with Gasteiger partial charge in [-0.15, -0.1) is 0 Å². The van der Waals surface area contributed by atoms with Crippen LogP contribution >= 0.6 is 0 Å². The molecule has 6 heteroatoms. The fourth-order valence-corrected chi connectivity index (χ4v) is 1.86. The molecule has 1 fully saturated rings. The van der Waals surface area contributed by atoms with Crippen molar-refractivity contribution >= 4 is 5.91 Å². The topological polar surface area (TPSA) is 33.2 Å². The maximum atomic E-state index is 12.5. The highest BCUT2D eigenvalue weighted by Gasteiger charge is 2.34. The van der Waals surface area contributed by atoms with E-state index in [0.717, 1.165) is 31.5 Å². The van der Waals surface area contributed by atoms with Crippen LogP contribution < -0.4 is 0 Å². The number of halogens is 3. The number of alkyl halides is 3. The van der Waals surface area contributed by atoms with Gasteiger partial charge in [-0.25, -0.2) is 0 Å². The predicted octanol–water partition coefficient (Wildman–Crippen LogP) is 2.72. The lowest BCUT2D eigenvalue weighted by molar-refractivity contribution is -0.141. The van der Waals surface area contributed by atoms with E-state index in [-0.39, 0.29) is 17.5 Å². The van der Waals surface area contributed by atoms with Gasteiger partial charge in [-0.05, 0) is 31.4 Å². The van der Waals surface area contributed by atoms with Crippen LogP contribution in [0.15, 0.2) is 18.3 Å². The molecular formula is C12H13F3N2O. The number of aromatic nitrogens is 1. The van der Waals surface area contributed by atoms with E-state index in [2.05, 4.69) is 4.98 Å². The molecule has 1 aliphatic carbocycles. The Morgan fingerprint density at radius 2 is 2.11 bits per heavy atom. The van der Waals surface area contributed by atoms with Crippen LogP contribution in [-0.4, -0.2) is 28.9 Å². The molecule has 0 unspecified atom stereocenters. The highest BCUT2D eigenvalue weighted by molar-refractivity contribution is 5.94. The average molecular weight is 258 g/mol. The van der Waals surface area contributed by atoms with Gasteiger partial charge < -0.3 is 4.90 Å². The third-order valence-corrected chi connectivity index (χ3v) is 3.24. The smallest absolute Gasteiger partial charge is 0.339 e. The second-order valence-electron chi connectivity index (χ2n) is 4.43.